The summed E-state index contributed by atoms with van der Waals surface area (Å²) in [5.41, 5.74) is 2.48. The zero-order chi connectivity index (χ0) is 17.5. The molecule has 0 heterocycles. The fraction of sp³-hybridized carbons (Fsp3) is 0.167. The molecule has 3 amide bonds. The maximum absolute atomic E-state index is 12.2. The summed E-state index contributed by atoms with van der Waals surface area (Å²) in [6.45, 7) is 1.85. The monoisotopic (exact) mass is 325 g/mol. The summed E-state index contributed by atoms with van der Waals surface area (Å²) in [7, 11) is 1.50. The van der Waals surface area contributed by atoms with Crippen LogP contribution in [0.2, 0.25) is 0 Å². The van der Waals surface area contributed by atoms with E-state index in [0.29, 0.717) is 16.8 Å². The third-order valence-electron chi connectivity index (χ3n) is 3.38. The lowest BCUT2D eigenvalue weighted by Gasteiger charge is -2.08. The summed E-state index contributed by atoms with van der Waals surface area (Å²) in [5, 5.41) is 7.68. The van der Waals surface area contributed by atoms with Crippen LogP contribution in [-0.2, 0) is 4.79 Å². The highest BCUT2D eigenvalue weighted by atomic mass is 16.2. The Hall–Kier alpha value is -3.15. The Bertz CT molecular complexity index is 754. The molecule has 2 aromatic carbocycles. The molecule has 0 fully saturated rings. The SMILES string of the molecule is CNC(=O)CNC(=O)c1cccc(NC(=O)c2ccc(C)cc2)c1. The summed E-state index contributed by atoms with van der Waals surface area (Å²) in [5.74, 6) is -0.921. The minimum absolute atomic E-state index is 0.102. The molecule has 0 saturated heterocycles. The number of hydrogen-bond donors (Lipinski definition) is 3. The second kappa shape index (κ2) is 7.92. The molecule has 0 atom stereocenters. The molecule has 6 nitrogen and oxygen atoms in total. The van der Waals surface area contributed by atoms with Gasteiger partial charge in [0.2, 0.25) is 5.91 Å². The number of aryl methyl sites for hydroxylation is 1. The Labute approximate surface area is 140 Å². The first-order valence-electron chi connectivity index (χ1n) is 7.46. The molecule has 24 heavy (non-hydrogen) atoms. The molecular formula is C18H19N3O3. The van der Waals surface area contributed by atoms with E-state index in [1.165, 1.54) is 7.05 Å². The van der Waals surface area contributed by atoms with E-state index in [9.17, 15) is 14.4 Å². The van der Waals surface area contributed by atoms with Gasteiger partial charge in [-0.1, -0.05) is 23.8 Å². The van der Waals surface area contributed by atoms with Crippen molar-refractivity contribution in [3.63, 3.8) is 0 Å². The van der Waals surface area contributed by atoms with Crippen LogP contribution >= 0.6 is 0 Å². The van der Waals surface area contributed by atoms with E-state index in [1.54, 1.807) is 36.4 Å². The van der Waals surface area contributed by atoms with Gasteiger partial charge in [0.05, 0.1) is 6.54 Å². The van der Waals surface area contributed by atoms with Gasteiger partial charge in [-0.3, -0.25) is 14.4 Å². The molecular weight excluding hydrogens is 306 g/mol. The zero-order valence-corrected chi connectivity index (χ0v) is 13.6. The molecule has 0 unspecified atom stereocenters. The van der Waals surface area contributed by atoms with Crippen molar-refractivity contribution in [1.82, 2.24) is 10.6 Å². The Morgan fingerprint density at radius 2 is 1.62 bits per heavy atom. The van der Waals surface area contributed by atoms with Crippen LogP contribution in [0.15, 0.2) is 48.5 Å². The molecule has 0 aliphatic carbocycles. The molecule has 6 heteroatoms. The Balaban J connectivity index is 2.04. The van der Waals surface area contributed by atoms with E-state index in [4.69, 9.17) is 0 Å². The summed E-state index contributed by atoms with van der Waals surface area (Å²) >= 11 is 0. The van der Waals surface area contributed by atoms with Crippen molar-refractivity contribution >= 4 is 23.4 Å². The molecule has 0 aromatic heterocycles. The smallest absolute Gasteiger partial charge is 0.255 e. The number of carbonyl (C=O) groups is 3. The van der Waals surface area contributed by atoms with E-state index in [-0.39, 0.29) is 24.3 Å². The standard InChI is InChI=1S/C18H19N3O3/c1-12-6-8-13(9-7-12)18(24)21-15-5-3-4-14(10-15)17(23)20-11-16(22)19-2/h3-10H,11H2,1-2H3,(H,19,22)(H,20,23)(H,21,24). The minimum atomic E-state index is -0.384. The second-order valence-electron chi connectivity index (χ2n) is 5.26. The van der Waals surface area contributed by atoms with Crippen molar-refractivity contribution in [2.75, 3.05) is 18.9 Å². The van der Waals surface area contributed by atoms with Crippen molar-refractivity contribution in [3.05, 3.63) is 65.2 Å². The van der Waals surface area contributed by atoms with Gasteiger partial charge in [-0.05, 0) is 37.3 Å². The molecule has 3 N–H and O–H groups in total. The number of nitrogens with one attached hydrogen (secondary N) is 3. The van der Waals surface area contributed by atoms with E-state index in [1.807, 2.05) is 19.1 Å². The maximum atomic E-state index is 12.2. The summed E-state index contributed by atoms with van der Waals surface area (Å²) < 4.78 is 0. The van der Waals surface area contributed by atoms with E-state index < -0.39 is 0 Å². The van der Waals surface area contributed by atoms with E-state index in [2.05, 4.69) is 16.0 Å². The molecule has 124 valence electrons. The second-order valence-corrected chi connectivity index (χ2v) is 5.26. The van der Waals surface area contributed by atoms with Crippen LogP contribution in [0.25, 0.3) is 0 Å². The van der Waals surface area contributed by atoms with E-state index in [0.717, 1.165) is 5.56 Å². The largest absolute Gasteiger partial charge is 0.358 e. The van der Waals surface area contributed by atoms with Gasteiger partial charge < -0.3 is 16.0 Å². The first-order chi connectivity index (χ1) is 11.5. The normalized spacial score (nSPS) is 9.92. The topological polar surface area (TPSA) is 87.3 Å². The van der Waals surface area contributed by atoms with Crippen LogP contribution < -0.4 is 16.0 Å². The van der Waals surface area contributed by atoms with Crippen molar-refractivity contribution in [2.24, 2.45) is 0 Å². The summed E-state index contributed by atoms with van der Waals surface area (Å²) in [4.78, 5) is 35.4. The lowest BCUT2D eigenvalue weighted by molar-refractivity contribution is -0.119. The van der Waals surface area contributed by atoms with Gasteiger partial charge in [-0.15, -0.1) is 0 Å². The number of rotatable bonds is 5. The Morgan fingerprint density at radius 1 is 0.917 bits per heavy atom. The highest BCUT2D eigenvalue weighted by molar-refractivity contribution is 6.05. The number of anilines is 1. The summed E-state index contributed by atoms with van der Waals surface area (Å²) in [6, 6.07) is 13.7. The molecule has 0 saturated carbocycles. The van der Waals surface area contributed by atoms with Gasteiger partial charge in [0.25, 0.3) is 11.8 Å². The first-order valence-corrected chi connectivity index (χ1v) is 7.46. The molecule has 0 aliphatic heterocycles. The zero-order valence-electron chi connectivity index (χ0n) is 13.6. The Kier molecular flexibility index (Phi) is 5.68. The average molecular weight is 325 g/mol. The molecule has 0 bridgehead atoms. The van der Waals surface area contributed by atoms with Crippen LogP contribution in [-0.4, -0.2) is 31.3 Å². The van der Waals surface area contributed by atoms with Crippen LogP contribution in [0.3, 0.4) is 0 Å². The van der Waals surface area contributed by atoms with Crippen LogP contribution in [0.4, 0.5) is 5.69 Å². The number of carbonyl (C=O) groups excluding carboxylic acids is 3. The van der Waals surface area contributed by atoms with E-state index >= 15 is 0 Å². The predicted molar refractivity (Wildman–Crippen MR) is 92.0 cm³/mol. The quantitative estimate of drug-likeness (QED) is 0.782. The molecule has 0 radical (unpaired) electrons. The molecule has 2 rings (SSSR count). The Morgan fingerprint density at radius 3 is 2.29 bits per heavy atom. The predicted octanol–water partition coefficient (Wildman–Crippen LogP) is 1.72. The van der Waals surface area contributed by atoms with Crippen molar-refractivity contribution in [2.45, 2.75) is 6.92 Å². The van der Waals surface area contributed by atoms with Crippen LogP contribution in [0.1, 0.15) is 26.3 Å². The number of amides is 3. The average Bonchev–Trinajstić information content (AvgIpc) is 2.60. The fourth-order valence-corrected chi connectivity index (χ4v) is 2.00. The number of hydrogen-bond acceptors (Lipinski definition) is 3. The molecule has 0 aliphatic rings. The third-order valence-corrected chi connectivity index (χ3v) is 3.38. The lowest BCUT2D eigenvalue weighted by Crippen LogP contribution is -2.35. The van der Waals surface area contributed by atoms with Gasteiger partial charge in [-0.2, -0.15) is 0 Å². The molecule has 0 spiro atoms. The van der Waals surface area contributed by atoms with Crippen LogP contribution in [0.5, 0.6) is 0 Å². The van der Waals surface area contributed by atoms with Crippen molar-refractivity contribution in [1.29, 1.82) is 0 Å². The van der Waals surface area contributed by atoms with Crippen molar-refractivity contribution in [3.8, 4) is 0 Å². The summed E-state index contributed by atoms with van der Waals surface area (Å²) in [6.07, 6.45) is 0. The number of likely N-dealkylation sites (N-methyl/N-ethyl adjacent to an activating group) is 1. The van der Waals surface area contributed by atoms with Gasteiger partial charge in [0.15, 0.2) is 0 Å². The van der Waals surface area contributed by atoms with Crippen molar-refractivity contribution < 1.29 is 14.4 Å². The van der Waals surface area contributed by atoms with Gasteiger partial charge in [0, 0.05) is 23.9 Å². The number of benzene rings is 2. The van der Waals surface area contributed by atoms with Gasteiger partial charge in [-0.25, -0.2) is 0 Å². The van der Waals surface area contributed by atoms with Gasteiger partial charge in [0.1, 0.15) is 0 Å². The van der Waals surface area contributed by atoms with Gasteiger partial charge >= 0.3 is 0 Å². The first kappa shape index (κ1) is 17.2. The lowest BCUT2D eigenvalue weighted by atomic mass is 10.1. The highest BCUT2D eigenvalue weighted by Crippen LogP contribution is 2.13. The highest BCUT2D eigenvalue weighted by Gasteiger charge is 2.10. The minimum Gasteiger partial charge on any atom is -0.358 e. The molecule has 2 aromatic rings. The third kappa shape index (κ3) is 4.67. The maximum Gasteiger partial charge on any atom is 0.255 e. The fourth-order valence-electron chi connectivity index (χ4n) is 2.00. The van der Waals surface area contributed by atoms with Crippen LogP contribution in [0, 0.1) is 6.92 Å².